The molecule has 2 fully saturated rings. The Morgan fingerprint density at radius 3 is 2.80 bits per heavy atom. The van der Waals surface area contributed by atoms with Crippen molar-refractivity contribution in [3.05, 3.63) is 65.1 Å². The van der Waals surface area contributed by atoms with E-state index in [9.17, 15) is 14.6 Å². The van der Waals surface area contributed by atoms with Crippen LogP contribution in [0.1, 0.15) is 36.1 Å². The maximum absolute atomic E-state index is 13.8. The number of rotatable bonds is 3. The predicted molar refractivity (Wildman–Crippen MR) is 114 cm³/mol. The molecular weight excluding hydrogens is 379 g/mol. The number of nitrogens with one attached hydrogen (secondary N) is 1. The van der Waals surface area contributed by atoms with E-state index >= 15 is 0 Å². The number of hydrogen-bond donors (Lipinski definition) is 3. The highest BCUT2D eigenvalue weighted by Gasteiger charge is 2.57. The van der Waals surface area contributed by atoms with Crippen molar-refractivity contribution in [3.8, 4) is 5.75 Å². The molecule has 0 bridgehead atoms. The summed E-state index contributed by atoms with van der Waals surface area (Å²) in [6, 6.07) is 12.3. The van der Waals surface area contributed by atoms with Gasteiger partial charge in [-0.1, -0.05) is 12.1 Å². The summed E-state index contributed by atoms with van der Waals surface area (Å²) in [7, 11) is 0. The zero-order valence-electron chi connectivity index (χ0n) is 17.0. The number of benzene rings is 2. The molecule has 3 aliphatic rings. The van der Waals surface area contributed by atoms with Crippen LogP contribution < -0.4 is 0 Å². The SMILES string of the molecule is Oc1cccc(C23CCN(CC4CC4)CC2(O)Cc2c([nH]c4cc(F)ccc24)C3)c1. The van der Waals surface area contributed by atoms with Gasteiger partial charge in [0.25, 0.3) is 0 Å². The van der Waals surface area contributed by atoms with E-state index in [-0.39, 0.29) is 11.6 Å². The van der Waals surface area contributed by atoms with E-state index < -0.39 is 11.0 Å². The van der Waals surface area contributed by atoms with Crippen LogP contribution in [0.15, 0.2) is 42.5 Å². The first kappa shape index (κ1) is 18.4. The number of aliphatic hydroxyl groups is 1. The number of H-pyrrole nitrogens is 1. The zero-order valence-corrected chi connectivity index (χ0v) is 17.0. The van der Waals surface area contributed by atoms with Gasteiger partial charge in [0.15, 0.2) is 0 Å². The largest absolute Gasteiger partial charge is 0.508 e. The first-order valence-corrected chi connectivity index (χ1v) is 11.0. The average Bonchev–Trinajstić information content (AvgIpc) is 3.46. The molecule has 156 valence electrons. The van der Waals surface area contributed by atoms with Crippen molar-refractivity contribution in [2.75, 3.05) is 19.6 Å². The Balaban J connectivity index is 1.49. The minimum atomic E-state index is -0.940. The second-order valence-electron chi connectivity index (χ2n) is 9.72. The van der Waals surface area contributed by atoms with E-state index in [0.29, 0.717) is 19.4 Å². The lowest BCUT2D eigenvalue weighted by Crippen LogP contribution is -2.66. The second-order valence-corrected chi connectivity index (χ2v) is 9.72. The molecule has 30 heavy (non-hydrogen) atoms. The summed E-state index contributed by atoms with van der Waals surface area (Å²) in [5, 5.41) is 23.5. The third kappa shape index (κ3) is 2.72. The van der Waals surface area contributed by atoms with E-state index in [1.54, 1.807) is 12.1 Å². The molecule has 0 radical (unpaired) electrons. The van der Waals surface area contributed by atoms with Crippen molar-refractivity contribution in [1.82, 2.24) is 9.88 Å². The van der Waals surface area contributed by atoms with Gasteiger partial charge >= 0.3 is 0 Å². The number of fused-ring (bicyclic) bond motifs is 4. The van der Waals surface area contributed by atoms with Gasteiger partial charge in [-0.2, -0.15) is 0 Å². The molecule has 1 saturated heterocycles. The van der Waals surface area contributed by atoms with Crippen molar-refractivity contribution in [2.45, 2.75) is 43.1 Å². The third-order valence-corrected chi connectivity index (χ3v) is 7.75. The summed E-state index contributed by atoms with van der Waals surface area (Å²) < 4.78 is 13.8. The highest BCUT2D eigenvalue weighted by Crippen LogP contribution is 2.52. The quantitative estimate of drug-likeness (QED) is 0.618. The lowest BCUT2D eigenvalue weighted by Gasteiger charge is -2.56. The normalized spacial score (nSPS) is 29.0. The molecule has 1 aromatic heterocycles. The molecule has 2 aromatic carbocycles. The molecule has 0 spiro atoms. The first-order valence-electron chi connectivity index (χ1n) is 11.0. The Kier molecular flexibility index (Phi) is 3.87. The number of β-amino-alcohol motifs (C(OH)–C–C–N with tert-alkyl or cyclic N) is 1. The molecule has 3 aromatic rings. The first-order chi connectivity index (χ1) is 14.5. The number of aromatic hydroxyl groups is 1. The highest BCUT2D eigenvalue weighted by atomic mass is 19.1. The van der Waals surface area contributed by atoms with E-state index in [2.05, 4.69) is 9.88 Å². The van der Waals surface area contributed by atoms with Gasteiger partial charge in [-0.05, 0) is 73.2 Å². The Labute approximate surface area is 175 Å². The number of halogens is 1. The standard InChI is InChI=1S/C25H27FN2O2/c26-18-6-7-20-21-12-25(30)15-28(14-16-4-5-16)9-8-24(25,13-23(21)27-22(20)11-18)17-2-1-3-19(29)10-17/h1-3,6-7,10-11,16,27,29-30H,4-5,8-9,12-15H2. The van der Waals surface area contributed by atoms with Gasteiger partial charge in [-0.25, -0.2) is 4.39 Å². The van der Waals surface area contributed by atoms with Crippen LogP contribution in [0.5, 0.6) is 5.75 Å². The molecule has 1 saturated carbocycles. The van der Waals surface area contributed by atoms with E-state index in [1.807, 2.05) is 24.3 Å². The lowest BCUT2D eigenvalue weighted by atomic mass is 9.56. The van der Waals surface area contributed by atoms with Crippen LogP contribution in [0, 0.1) is 11.7 Å². The van der Waals surface area contributed by atoms with Crippen LogP contribution in [0.25, 0.3) is 10.9 Å². The van der Waals surface area contributed by atoms with Crippen LogP contribution in [-0.4, -0.2) is 45.3 Å². The van der Waals surface area contributed by atoms with Crippen LogP contribution in [0.4, 0.5) is 4.39 Å². The summed E-state index contributed by atoms with van der Waals surface area (Å²) in [6.45, 7) is 2.63. The second kappa shape index (κ2) is 6.32. The highest BCUT2D eigenvalue weighted by molar-refractivity contribution is 5.85. The maximum Gasteiger partial charge on any atom is 0.125 e. The van der Waals surface area contributed by atoms with Gasteiger partial charge in [0, 0.05) is 47.9 Å². The van der Waals surface area contributed by atoms with Crippen molar-refractivity contribution >= 4 is 10.9 Å². The Hall–Kier alpha value is -2.37. The van der Waals surface area contributed by atoms with Crippen molar-refractivity contribution < 1.29 is 14.6 Å². The number of nitrogens with zero attached hydrogens (tertiary/aromatic N) is 1. The smallest absolute Gasteiger partial charge is 0.125 e. The van der Waals surface area contributed by atoms with Crippen molar-refractivity contribution in [2.24, 2.45) is 5.92 Å². The summed E-state index contributed by atoms with van der Waals surface area (Å²) in [5.74, 6) is 0.752. The van der Waals surface area contributed by atoms with Gasteiger partial charge in [0.2, 0.25) is 0 Å². The topological polar surface area (TPSA) is 59.5 Å². The van der Waals surface area contributed by atoms with Crippen LogP contribution in [0.2, 0.25) is 0 Å². The lowest BCUT2D eigenvalue weighted by molar-refractivity contribution is -0.103. The number of phenols is 1. The van der Waals surface area contributed by atoms with Gasteiger partial charge in [0.05, 0.1) is 5.60 Å². The third-order valence-electron chi connectivity index (χ3n) is 7.75. The van der Waals surface area contributed by atoms with Gasteiger partial charge in [0.1, 0.15) is 11.6 Å². The minimum Gasteiger partial charge on any atom is -0.508 e. The maximum atomic E-state index is 13.8. The molecule has 3 N–H and O–H groups in total. The summed E-state index contributed by atoms with van der Waals surface area (Å²) >= 11 is 0. The van der Waals surface area contributed by atoms with Gasteiger partial charge < -0.3 is 20.1 Å². The number of aromatic nitrogens is 1. The minimum absolute atomic E-state index is 0.231. The number of phenolic OH excluding ortho intramolecular Hbond substituents is 1. The van der Waals surface area contributed by atoms with Crippen LogP contribution in [0.3, 0.4) is 0 Å². The molecular formula is C25H27FN2O2. The molecule has 2 aliphatic carbocycles. The number of likely N-dealkylation sites (tertiary alicyclic amines) is 1. The molecule has 2 unspecified atom stereocenters. The molecule has 2 heterocycles. The Morgan fingerprint density at radius 1 is 1.13 bits per heavy atom. The molecule has 1 aliphatic heterocycles. The molecule has 4 nitrogen and oxygen atoms in total. The summed E-state index contributed by atoms with van der Waals surface area (Å²) in [6.07, 6.45) is 4.62. The predicted octanol–water partition coefficient (Wildman–Crippen LogP) is 3.90. The van der Waals surface area contributed by atoms with E-state index in [4.69, 9.17) is 0 Å². The summed E-state index contributed by atoms with van der Waals surface area (Å²) in [5.41, 5.74) is 2.56. The van der Waals surface area contributed by atoms with Crippen LogP contribution >= 0.6 is 0 Å². The van der Waals surface area contributed by atoms with Gasteiger partial charge in [-0.15, -0.1) is 0 Å². The number of hydrogen-bond acceptors (Lipinski definition) is 3. The monoisotopic (exact) mass is 406 g/mol. The van der Waals surface area contributed by atoms with E-state index in [0.717, 1.165) is 53.2 Å². The molecule has 0 amide bonds. The fraction of sp³-hybridized carbons (Fsp3) is 0.440. The Morgan fingerprint density at radius 2 is 2.00 bits per heavy atom. The van der Waals surface area contributed by atoms with E-state index in [1.165, 1.54) is 18.9 Å². The molecule has 5 heteroatoms. The zero-order chi connectivity index (χ0) is 20.5. The van der Waals surface area contributed by atoms with Crippen molar-refractivity contribution in [1.29, 1.82) is 0 Å². The Bertz CT molecular complexity index is 1140. The molecule has 2 atom stereocenters. The summed E-state index contributed by atoms with van der Waals surface area (Å²) in [4.78, 5) is 5.87. The van der Waals surface area contributed by atoms with Gasteiger partial charge in [-0.3, -0.25) is 0 Å². The average molecular weight is 407 g/mol. The number of piperidine rings is 1. The number of aromatic amines is 1. The van der Waals surface area contributed by atoms with Crippen molar-refractivity contribution in [3.63, 3.8) is 0 Å². The van der Waals surface area contributed by atoms with Crippen LogP contribution in [-0.2, 0) is 18.3 Å². The molecule has 6 rings (SSSR count). The fourth-order valence-corrected chi connectivity index (χ4v) is 6.03. The fourth-order valence-electron chi connectivity index (χ4n) is 6.03.